The lowest BCUT2D eigenvalue weighted by Crippen LogP contribution is -2.61. The first-order valence-corrected chi connectivity index (χ1v) is 18.1. The number of unbranched alkanes of at least 4 members (excludes halogenated alkanes) is 3. The summed E-state index contributed by atoms with van der Waals surface area (Å²) >= 11 is 3.23. The van der Waals surface area contributed by atoms with Crippen molar-refractivity contribution < 1.29 is 36.3 Å². The third-order valence-electron chi connectivity index (χ3n) is 8.22. The highest BCUT2D eigenvalue weighted by Gasteiger charge is 2.54. The molecule has 2 aromatic carbocycles. The Kier molecular flexibility index (Phi) is 11.7. The Bertz CT molecular complexity index is 1440. The molecule has 46 heavy (non-hydrogen) atoms. The van der Waals surface area contributed by atoms with E-state index in [2.05, 4.69) is 32.9 Å². The number of ether oxygens (including phenoxy) is 2. The van der Waals surface area contributed by atoms with E-state index in [-0.39, 0.29) is 10.9 Å². The van der Waals surface area contributed by atoms with Gasteiger partial charge in [0.15, 0.2) is 6.04 Å². The molecule has 0 aliphatic carbocycles. The molecule has 2 amide bonds. The summed E-state index contributed by atoms with van der Waals surface area (Å²) in [6, 6.07) is 7.03. The van der Waals surface area contributed by atoms with Gasteiger partial charge < -0.3 is 19.7 Å². The summed E-state index contributed by atoms with van der Waals surface area (Å²) in [5.41, 5.74) is -1.19. The van der Waals surface area contributed by atoms with E-state index in [1.54, 1.807) is 20.8 Å². The van der Waals surface area contributed by atoms with Crippen molar-refractivity contribution in [3.05, 3.63) is 58.6 Å². The molecule has 2 N–H and O–H groups in total. The van der Waals surface area contributed by atoms with Crippen molar-refractivity contribution in [1.82, 2.24) is 14.9 Å². The number of alkyl carbamates (subject to hydrolysis) is 1. The van der Waals surface area contributed by atoms with Crippen LogP contribution in [0, 0.1) is 0 Å². The molecule has 2 aromatic rings. The van der Waals surface area contributed by atoms with Gasteiger partial charge in [-0.1, -0.05) is 54.2 Å². The highest BCUT2D eigenvalue weighted by atomic mass is 79.9. The van der Waals surface area contributed by atoms with Crippen molar-refractivity contribution in [3.63, 3.8) is 0 Å². The van der Waals surface area contributed by atoms with E-state index in [0.29, 0.717) is 42.5 Å². The Morgan fingerprint density at radius 3 is 2.15 bits per heavy atom. The molecule has 2 aliphatic rings. The number of sulfonamides is 1. The van der Waals surface area contributed by atoms with Crippen molar-refractivity contribution >= 4 is 38.0 Å². The average molecular weight is 729 g/mol. The van der Waals surface area contributed by atoms with Crippen LogP contribution in [0.1, 0.15) is 84.6 Å². The highest BCUT2D eigenvalue weighted by Crippen LogP contribution is 2.40. The summed E-state index contributed by atoms with van der Waals surface area (Å²) < 4.78 is 73.4. The maximum Gasteiger partial charge on any atom is 0.407 e. The van der Waals surface area contributed by atoms with E-state index in [1.807, 2.05) is 0 Å². The molecule has 2 heterocycles. The molecule has 2 saturated heterocycles. The van der Waals surface area contributed by atoms with Crippen LogP contribution in [-0.4, -0.2) is 61.7 Å². The minimum Gasteiger partial charge on any atom is -0.494 e. The predicted octanol–water partition coefficient (Wildman–Crippen LogP) is 6.89. The minimum absolute atomic E-state index is 0.265. The van der Waals surface area contributed by atoms with Crippen LogP contribution in [0.4, 0.5) is 13.6 Å². The van der Waals surface area contributed by atoms with Gasteiger partial charge in [-0.2, -0.15) is 13.5 Å². The molecule has 0 spiro atoms. The number of halogens is 3. The van der Waals surface area contributed by atoms with Gasteiger partial charge in [0.25, 0.3) is 5.92 Å². The maximum absolute atomic E-state index is 16.3. The molecular formula is C33H44BrF2N3O6S. The van der Waals surface area contributed by atoms with Gasteiger partial charge in [-0.25, -0.2) is 13.2 Å². The molecule has 2 bridgehead atoms. The lowest BCUT2D eigenvalue weighted by molar-refractivity contribution is -0.149. The standard InChI is InChI=1S/C33H44BrF2N3O6S/c1-5-6-7-8-19-44-27-15-17-28(18-16-27)46(42,43)38-29(33(35,36)22-9-11-23(34)12-10-22)30(40)39-25-13-14-26(39)21-24(20-25)37-31(41)45-32(2,3)4/h9-12,15-18,24-26,29,38H,5-8,13-14,19-21H2,1-4H3,(H,37,41). The van der Waals surface area contributed by atoms with Gasteiger partial charge in [-0.3, -0.25) is 4.79 Å². The number of hydrogen-bond donors (Lipinski definition) is 2. The monoisotopic (exact) mass is 727 g/mol. The van der Waals surface area contributed by atoms with Gasteiger partial charge in [0.05, 0.1) is 11.5 Å². The number of hydrogen-bond acceptors (Lipinski definition) is 6. The van der Waals surface area contributed by atoms with Gasteiger partial charge in [0.2, 0.25) is 15.9 Å². The Hall–Kier alpha value is -2.77. The second-order valence-corrected chi connectivity index (χ2v) is 15.6. The maximum atomic E-state index is 16.3. The number of fused-ring (bicyclic) bond motifs is 2. The van der Waals surface area contributed by atoms with E-state index in [1.165, 1.54) is 41.3 Å². The SMILES string of the molecule is CCCCCCOc1ccc(S(=O)(=O)NC(C(=O)N2C3CCC2CC(NC(=O)OC(C)(C)C)C3)C(F)(F)c2ccc(Br)cc2)cc1. The molecular weight excluding hydrogens is 684 g/mol. The van der Waals surface area contributed by atoms with Crippen LogP contribution < -0.4 is 14.8 Å². The fourth-order valence-electron chi connectivity index (χ4n) is 6.05. The molecule has 9 nitrogen and oxygen atoms in total. The van der Waals surface area contributed by atoms with Gasteiger partial charge in [-0.15, -0.1) is 0 Å². The smallest absolute Gasteiger partial charge is 0.407 e. The molecule has 13 heteroatoms. The Balaban J connectivity index is 1.55. The highest BCUT2D eigenvalue weighted by molar-refractivity contribution is 9.10. The number of alkyl halides is 2. The zero-order valence-electron chi connectivity index (χ0n) is 26.7. The second-order valence-electron chi connectivity index (χ2n) is 13.0. The summed E-state index contributed by atoms with van der Waals surface area (Å²) in [4.78, 5) is 27.6. The van der Waals surface area contributed by atoms with E-state index in [9.17, 15) is 18.0 Å². The van der Waals surface area contributed by atoms with E-state index in [0.717, 1.165) is 37.8 Å². The largest absolute Gasteiger partial charge is 0.494 e. The van der Waals surface area contributed by atoms with Crippen LogP contribution in [-0.2, 0) is 25.5 Å². The Morgan fingerprint density at radius 2 is 1.59 bits per heavy atom. The number of amides is 2. The number of carbonyl (C=O) groups is 2. The fraction of sp³-hybridized carbons (Fsp3) is 0.576. The van der Waals surface area contributed by atoms with Crippen LogP contribution >= 0.6 is 15.9 Å². The molecule has 3 unspecified atom stereocenters. The molecule has 254 valence electrons. The summed E-state index contributed by atoms with van der Waals surface area (Å²) in [5, 5.41) is 2.84. The zero-order chi connectivity index (χ0) is 33.7. The number of nitrogens with zero attached hydrogens (tertiary/aromatic N) is 1. The summed E-state index contributed by atoms with van der Waals surface area (Å²) in [5.74, 6) is -4.44. The first kappa shape index (κ1) is 36.1. The van der Waals surface area contributed by atoms with E-state index in [4.69, 9.17) is 9.47 Å². The van der Waals surface area contributed by atoms with Crippen molar-refractivity contribution in [2.45, 2.75) is 120 Å². The van der Waals surface area contributed by atoms with Crippen LogP contribution in [0.2, 0.25) is 0 Å². The van der Waals surface area contributed by atoms with Crippen molar-refractivity contribution in [2.24, 2.45) is 0 Å². The van der Waals surface area contributed by atoms with Gasteiger partial charge in [0, 0.05) is 28.2 Å². The first-order chi connectivity index (χ1) is 21.6. The third-order valence-corrected chi connectivity index (χ3v) is 10.2. The molecule has 4 rings (SSSR count). The topological polar surface area (TPSA) is 114 Å². The number of benzene rings is 2. The molecule has 0 radical (unpaired) electrons. The number of piperidine rings is 1. The van der Waals surface area contributed by atoms with Crippen LogP contribution in [0.15, 0.2) is 57.9 Å². The van der Waals surface area contributed by atoms with E-state index < -0.39 is 57.2 Å². The fourth-order valence-corrected chi connectivity index (χ4v) is 7.51. The number of nitrogens with one attached hydrogen (secondary N) is 2. The van der Waals surface area contributed by atoms with E-state index >= 15 is 8.78 Å². The van der Waals surface area contributed by atoms with Crippen molar-refractivity contribution in [1.29, 1.82) is 0 Å². The second kappa shape index (κ2) is 15.0. The molecule has 2 fully saturated rings. The number of rotatable bonds is 13. The third kappa shape index (κ3) is 9.19. The predicted molar refractivity (Wildman–Crippen MR) is 174 cm³/mol. The Morgan fingerprint density at radius 1 is 0.978 bits per heavy atom. The first-order valence-electron chi connectivity index (χ1n) is 15.8. The molecule has 0 saturated carbocycles. The molecule has 0 aromatic heterocycles. The van der Waals surface area contributed by atoms with Crippen LogP contribution in [0.5, 0.6) is 5.75 Å². The molecule has 2 aliphatic heterocycles. The van der Waals surface area contributed by atoms with Gasteiger partial charge in [-0.05, 0) is 89.3 Å². The average Bonchev–Trinajstić information content (AvgIpc) is 3.24. The van der Waals surface area contributed by atoms with Crippen LogP contribution in [0.25, 0.3) is 0 Å². The van der Waals surface area contributed by atoms with Crippen molar-refractivity contribution in [2.75, 3.05) is 6.61 Å². The summed E-state index contributed by atoms with van der Waals surface area (Å²) in [6.45, 7) is 7.85. The molecule has 3 atom stereocenters. The summed E-state index contributed by atoms with van der Waals surface area (Å²) in [6.07, 6.45) is 5.26. The number of carbonyl (C=O) groups excluding carboxylic acids is 2. The minimum atomic E-state index is -4.57. The van der Waals surface area contributed by atoms with Crippen molar-refractivity contribution in [3.8, 4) is 5.75 Å². The van der Waals surface area contributed by atoms with Gasteiger partial charge in [0.1, 0.15) is 11.4 Å². The Labute approximate surface area is 279 Å². The van der Waals surface area contributed by atoms with Gasteiger partial charge >= 0.3 is 6.09 Å². The van der Waals surface area contributed by atoms with Crippen LogP contribution in [0.3, 0.4) is 0 Å². The quantitative estimate of drug-likeness (QED) is 0.217. The summed E-state index contributed by atoms with van der Waals surface area (Å²) in [7, 11) is -4.57. The zero-order valence-corrected chi connectivity index (χ0v) is 29.1. The normalized spacial score (nSPS) is 20.7. The lowest BCUT2D eigenvalue weighted by atomic mass is 9.94. The lowest BCUT2D eigenvalue weighted by Gasteiger charge is -2.42.